The zero-order valence-electron chi connectivity index (χ0n) is 7.89. The van der Waals surface area contributed by atoms with Gasteiger partial charge in [0.25, 0.3) is 0 Å². The molecule has 0 spiro atoms. The molecule has 1 aromatic rings. The molecule has 0 atom stereocenters. The van der Waals surface area contributed by atoms with Gasteiger partial charge >= 0.3 is 5.97 Å². The van der Waals surface area contributed by atoms with Crippen LogP contribution in [0, 0.1) is 0 Å². The van der Waals surface area contributed by atoms with E-state index < -0.39 is 10.7 Å². The van der Waals surface area contributed by atoms with E-state index in [-0.39, 0.29) is 0 Å². The minimum atomic E-state index is -0.951. The van der Waals surface area contributed by atoms with Crippen LogP contribution < -0.4 is 5.73 Å². The zero-order valence-corrected chi connectivity index (χ0v) is 8.71. The Hall–Kier alpha value is -1.30. The van der Waals surface area contributed by atoms with Gasteiger partial charge in [0.1, 0.15) is 10.6 Å². The molecule has 0 aliphatic rings. The molecule has 3 N–H and O–H groups in total. The lowest BCUT2D eigenvalue weighted by Crippen LogP contribution is -2.27. The summed E-state index contributed by atoms with van der Waals surface area (Å²) >= 11 is 1.07. The lowest BCUT2D eigenvalue weighted by Gasteiger charge is -2.16. The van der Waals surface area contributed by atoms with Crippen LogP contribution in [-0.2, 0) is 4.79 Å². The summed E-state index contributed by atoms with van der Waals surface area (Å²) in [6.07, 6.45) is 1.50. The third-order valence-corrected chi connectivity index (χ3v) is 2.58. The van der Waals surface area contributed by atoms with E-state index >= 15 is 0 Å². The second-order valence-electron chi connectivity index (χ2n) is 3.18. The van der Waals surface area contributed by atoms with Gasteiger partial charge in [0.2, 0.25) is 0 Å². The number of nitrogen functional groups attached to an aromatic ring is 1. The molecule has 6 heteroatoms. The molecule has 0 aliphatic carbocycles. The summed E-state index contributed by atoms with van der Waals surface area (Å²) in [4.78, 5) is 18.6. The van der Waals surface area contributed by atoms with Gasteiger partial charge in [-0.15, -0.1) is 0 Å². The van der Waals surface area contributed by atoms with E-state index in [2.05, 4.69) is 9.97 Å². The Balaban J connectivity index is 2.83. The van der Waals surface area contributed by atoms with Gasteiger partial charge in [-0.05, 0) is 19.9 Å². The van der Waals surface area contributed by atoms with Crippen LogP contribution in [0.25, 0.3) is 0 Å². The van der Waals surface area contributed by atoms with Crippen molar-refractivity contribution in [2.24, 2.45) is 0 Å². The zero-order chi connectivity index (χ0) is 10.8. The average molecular weight is 213 g/mol. The van der Waals surface area contributed by atoms with Crippen molar-refractivity contribution in [1.82, 2.24) is 9.97 Å². The molecule has 0 bridgehead atoms. The van der Waals surface area contributed by atoms with Crippen LogP contribution in [0.1, 0.15) is 13.8 Å². The fraction of sp³-hybridized carbons (Fsp3) is 0.375. The highest BCUT2D eigenvalue weighted by molar-refractivity contribution is 8.01. The molecule has 0 aliphatic heterocycles. The van der Waals surface area contributed by atoms with Crippen LogP contribution in [0.15, 0.2) is 17.4 Å². The predicted octanol–water partition coefficient (Wildman–Crippen LogP) is 1.01. The first-order chi connectivity index (χ1) is 6.42. The van der Waals surface area contributed by atoms with E-state index in [1.54, 1.807) is 19.9 Å². The predicted molar refractivity (Wildman–Crippen MR) is 54.0 cm³/mol. The van der Waals surface area contributed by atoms with Gasteiger partial charge in [-0.2, -0.15) is 0 Å². The highest BCUT2D eigenvalue weighted by Gasteiger charge is 2.29. The molecule has 0 amide bonds. The SMILES string of the molecule is CC(C)(Sc1nccc(N)n1)C(=O)O. The first-order valence-corrected chi connectivity index (χ1v) is 4.74. The fourth-order valence-corrected chi connectivity index (χ4v) is 1.48. The largest absolute Gasteiger partial charge is 0.480 e. The summed E-state index contributed by atoms with van der Waals surface area (Å²) in [5, 5.41) is 9.24. The van der Waals surface area contributed by atoms with Crippen LogP contribution in [0.3, 0.4) is 0 Å². The van der Waals surface area contributed by atoms with Crippen molar-refractivity contribution in [2.45, 2.75) is 23.8 Å². The molecule has 0 saturated heterocycles. The Morgan fingerprint density at radius 2 is 2.29 bits per heavy atom. The molecular formula is C8H11N3O2S. The van der Waals surface area contributed by atoms with E-state index in [0.29, 0.717) is 11.0 Å². The maximum absolute atomic E-state index is 10.8. The number of carboxylic acid groups (broad SMARTS) is 1. The van der Waals surface area contributed by atoms with E-state index in [0.717, 1.165) is 11.8 Å². The number of thioether (sulfide) groups is 1. The molecule has 0 aromatic carbocycles. The fourth-order valence-electron chi connectivity index (χ4n) is 0.675. The Morgan fingerprint density at radius 1 is 1.64 bits per heavy atom. The smallest absolute Gasteiger partial charge is 0.319 e. The summed E-state index contributed by atoms with van der Waals surface area (Å²) in [6, 6.07) is 1.55. The van der Waals surface area contributed by atoms with Crippen LogP contribution in [0.5, 0.6) is 0 Å². The molecular weight excluding hydrogens is 202 g/mol. The maximum Gasteiger partial charge on any atom is 0.319 e. The van der Waals surface area contributed by atoms with Crippen LogP contribution >= 0.6 is 11.8 Å². The van der Waals surface area contributed by atoms with E-state index in [1.165, 1.54) is 6.20 Å². The number of carbonyl (C=O) groups is 1. The molecule has 1 rings (SSSR count). The molecule has 0 saturated carbocycles. The molecule has 76 valence electrons. The Morgan fingerprint density at radius 3 is 2.79 bits per heavy atom. The second kappa shape index (κ2) is 3.83. The van der Waals surface area contributed by atoms with Crippen molar-refractivity contribution in [1.29, 1.82) is 0 Å². The van der Waals surface area contributed by atoms with E-state index in [4.69, 9.17) is 10.8 Å². The van der Waals surface area contributed by atoms with Crippen LogP contribution in [-0.4, -0.2) is 25.8 Å². The Bertz CT molecular complexity index is 354. The lowest BCUT2D eigenvalue weighted by atomic mass is 10.2. The van der Waals surface area contributed by atoms with Crippen molar-refractivity contribution in [3.05, 3.63) is 12.3 Å². The van der Waals surface area contributed by atoms with Gasteiger partial charge in [-0.25, -0.2) is 9.97 Å². The number of hydrogen-bond donors (Lipinski definition) is 2. The van der Waals surface area contributed by atoms with Gasteiger partial charge in [0.05, 0.1) is 0 Å². The number of carboxylic acids is 1. The minimum absolute atomic E-state index is 0.337. The van der Waals surface area contributed by atoms with Crippen LogP contribution in [0.2, 0.25) is 0 Å². The Labute approximate surface area is 85.7 Å². The van der Waals surface area contributed by atoms with Crippen molar-refractivity contribution in [3.63, 3.8) is 0 Å². The van der Waals surface area contributed by atoms with Crippen molar-refractivity contribution in [3.8, 4) is 0 Å². The van der Waals surface area contributed by atoms with Crippen molar-refractivity contribution < 1.29 is 9.90 Å². The highest BCUT2D eigenvalue weighted by Crippen LogP contribution is 2.29. The third-order valence-electron chi connectivity index (χ3n) is 1.52. The van der Waals surface area contributed by atoms with Gasteiger partial charge in [-0.3, -0.25) is 4.79 Å². The van der Waals surface area contributed by atoms with Crippen molar-refractivity contribution >= 4 is 23.5 Å². The number of nitrogens with two attached hydrogens (primary N) is 1. The molecule has 1 aromatic heterocycles. The maximum atomic E-state index is 10.8. The summed E-state index contributed by atoms with van der Waals surface area (Å²) in [5.41, 5.74) is 5.44. The normalized spacial score (nSPS) is 11.3. The second-order valence-corrected chi connectivity index (χ2v) is 4.77. The quantitative estimate of drug-likeness (QED) is 0.575. The molecule has 14 heavy (non-hydrogen) atoms. The summed E-state index contributed by atoms with van der Waals surface area (Å²) in [7, 11) is 0. The lowest BCUT2D eigenvalue weighted by molar-refractivity contribution is -0.138. The highest BCUT2D eigenvalue weighted by atomic mass is 32.2. The number of aliphatic carboxylic acids is 1. The monoisotopic (exact) mass is 213 g/mol. The number of anilines is 1. The number of nitrogens with zero attached hydrogens (tertiary/aromatic N) is 2. The van der Waals surface area contributed by atoms with Gasteiger partial charge in [0.15, 0.2) is 5.16 Å². The van der Waals surface area contributed by atoms with E-state index in [9.17, 15) is 4.79 Å². The Kier molecular flexibility index (Phi) is 2.95. The van der Waals surface area contributed by atoms with E-state index in [1.807, 2.05) is 0 Å². The first-order valence-electron chi connectivity index (χ1n) is 3.93. The van der Waals surface area contributed by atoms with Gasteiger partial charge in [-0.1, -0.05) is 11.8 Å². The number of aromatic nitrogens is 2. The standard InChI is InChI=1S/C8H11N3O2S/c1-8(2,6(12)13)14-7-10-4-3-5(9)11-7/h3-4H,1-2H3,(H,12,13)(H2,9,10,11). The number of hydrogen-bond acceptors (Lipinski definition) is 5. The summed E-state index contributed by atoms with van der Waals surface area (Å²) < 4.78 is -0.951. The summed E-state index contributed by atoms with van der Waals surface area (Å²) in [5.74, 6) is -0.572. The topological polar surface area (TPSA) is 89.1 Å². The number of rotatable bonds is 3. The van der Waals surface area contributed by atoms with Crippen LogP contribution in [0.4, 0.5) is 5.82 Å². The molecule has 0 unspecified atom stereocenters. The minimum Gasteiger partial charge on any atom is -0.480 e. The summed E-state index contributed by atoms with van der Waals surface area (Å²) in [6.45, 7) is 3.18. The average Bonchev–Trinajstić information content (AvgIpc) is 2.02. The van der Waals surface area contributed by atoms with Crippen molar-refractivity contribution in [2.75, 3.05) is 5.73 Å². The third kappa shape index (κ3) is 2.59. The van der Waals surface area contributed by atoms with Gasteiger partial charge < -0.3 is 10.8 Å². The molecule has 5 nitrogen and oxygen atoms in total. The first kappa shape index (κ1) is 10.8. The molecule has 1 heterocycles. The molecule has 0 fully saturated rings. The molecule has 0 radical (unpaired) electrons. The van der Waals surface area contributed by atoms with Gasteiger partial charge in [0, 0.05) is 6.20 Å².